The van der Waals surface area contributed by atoms with Gasteiger partial charge in [0.25, 0.3) is 5.91 Å². The highest BCUT2D eigenvalue weighted by Crippen LogP contribution is 2.36. The molecule has 2 saturated carbocycles. The summed E-state index contributed by atoms with van der Waals surface area (Å²) in [6, 6.07) is -2.56. The zero-order chi connectivity index (χ0) is 26.4. The largest absolute Gasteiger partial charge is 0.450 e. The molecule has 1 aliphatic heterocycles. The molecule has 0 aromatic carbocycles. The van der Waals surface area contributed by atoms with Gasteiger partial charge in [-0.2, -0.15) is 0 Å². The van der Waals surface area contributed by atoms with Crippen molar-refractivity contribution in [2.75, 3.05) is 13.2 Å². The summed E-state index contributed by atoms with van der Waals surface area (Å²) in [6.45, 7) is 6.29. The molecule has 1 saturated heterocycles. The molecule has 4 amide bonds. The van der Waals surface area contributed by atoms with Crippen molar-refractivity contribution < 1.29 is 28.7 Å². The summed E-state index contributed by atoms with van der Waals surface area (Å²) in [5.41, 5.74) is 5.25. The number of nitrogens with one attached hydrogen (secondary N) is 2. The summed E-state index contributed by atoms with van der Waals surface area (Å²) in [5, 5.41) is 5.54. The predicted octanol–water partition coefficient (Wildman–Crippen LogP) is 1.89. The van der Waals surface area contributed by atoms with E-state index in [1.165, 1.54) is 0 Å². The van der Waals surface area contributed by atoms with Crippen LogP contribution in [0.5, 0.6) is 0 Å². The summed E-state index contributed by atoms with van der Waals surface area (Å²) >= 11 is 0. The highest BCUT2D eigenvalue weighted by Gasteiger charge is 2.47. The van der Waals surface area contributed by atoms with Crippen molar-refractivity contribution in [3.8, 4) is 0 Å². The molecule has 1 heterocycles. The van der Waals surface area contributed by atoms with Crippen molar-refractivity contribution in [3.05, 3.63) is 0 Å². The quantitative estimate of drug-likeness (QED) is 0.365. The van der Waals surface area contributed by atoms with Gasteiger partial charge in [0, 0.05) is 6.54 Å². The topological polar surface area (TPSA) is 148 Å². The first-order valence-electron chi connectivity index (χ1n) is 13.5. The maximum atomic E-state index is 13.9. The van der Waals surface area contributed by atoms with Gasteiger partial charge in [-0.1, -0.05) is 46.0 Å². The summed E-state index contributed by atoms with van der Waals surface area (Å²) in [6.07, 6.45) is 6.95. The number of amides is 4. The van der Waals surface area contributed by atoms with Crippen LogP contribution in [0.1, 0.15) is 78.6 Å². The van der Waals surface area contributed by atoms with Crippen LogP contribution in [-0.2, 0) is 23.9 Å². The van der Waals surface area contributed by atoms with E-state index in [4.69, 9.17) is 10.5 Å². The Labute approximate surface area is 213 Å². The number of ketones is 1. The van der Waals surface area contributed by atoms with E-state index in [-0.39, 0.29) is 36.2 Å². The molecule has 4 atom stereocenters. The lowest BCUT2D eigenvalue weighted by Crippen LogP contribution is -2.59. The lowest BCUT2D eigenvalue weighted by atomic mass is 9.83. The Morgan fingerprint density at radius 1 is 0.972 bits per heavy atom. The van der Waals surface area contributed by atoms with E-state index in [1.54, 1.807) is 11.8 Å². The van der Waals surface area contributed by atoms with Gasteiger partial charge in [0.2, 0.25) is 17.6 Å². The van der Waals surface area contributed by atoms with Gasteiger partial charge in [0.15, 0.2) is 0 Å². The highest BCUT2D eigenvalue weighted by molar-refractivity contribution is 6.37. The van der Waals surface area contributed by atoms with Gasteiger partial charge in [-0.3, -0.25) is 19.2 Å². The van der Waals surface area contributed by atoms with Crippen LogP contribution in [0.2, 0.25) is 0 Å². The Balaban J connectivity index is 1.83. The third-order valence-corrected chi connectivity index (χ3v) is 7.93. The van der Waals surface area contributed by atoms with E-state index in [0.717, 1.165) is 44.9 Å². The molecule has 0 spiro atoms. The number of primary amides is 1. The average Bonchev–Trinajstić information content (AvgIpc) is 3.55. The lowest BCUT2D eigenvalue weighted by molar-refractivity contribution is -0.144. The minimum Gasteiger partial charge on any atom is -0.450 e. The van der Waals surface area contributed by atoms with E-state index in [9.17, 15) is 24.0 Å². The molecule has 0 bridgehead atoms. The molecule has 0 radical (unpaired) electrons. The van der Waals surface area contributed by atoms with Crippen molar-refractivity contribution >= 4 is 29.6 Å². The minimum atomic E-state index is -1.07. The number of hydrogen-bond acceptors (Lipinski definition) is 6. The number of hydrogen-bond donors (Lipinski definition) is 3. The molecule has 2 aliphatic carbocycles. The second-order valence-corrected chi connectivity index (χ2v) is 10.9. The molecule has 202 valence electrons. The molecule has 10 nitrogen and oxygen atoms in total. The monoisotopic (exact) mass is 506 g/mol. The number of carbonyl (C=O) groups is 5. The molecule has 0 aromatic heterocycles. The number of Topliss-reactive ketones (excluding diaryl/α,β-unsaturated/α-hetero) is 1. The Kier molecular flexibility index (Phi) is 9.73. The maximum absolute atomic E-state index is 13.9. The number of nitrogens with zero attached hydrogens (tertiary/aromatic N) is 1. The Bertz CT molecular complexity index is 836. The molecule has 4 N–H and O–H groups in total. The Morgan fingerprint density at radius 2 is 1.64 bits per heavy atom. The fraction of sp³-hybridized carbons (Fsp3) is 0.808. The number of nitrogens with two attached hydrogens (primary N) is 1. The smallest absolute Gasteiger partial charge is 0.407 e. The first-order valence-corrected chi connectivity index (χ1v) is 13.5. The van der Waals surface area contributed by atoms with E-state index in [0.29, 0.717) is 19.4 Å². The molecule has 36 heavy (non-hydrogen) atoms. The second-order valence-electron chi connectivity index (χ2n) is 10.9. The number of carbonyl (C=O) groups excluding carboxylic acids is 5. The molecular weight excluding hydrogens is 464 g/mol. The van der Waals surface area contributed by atoms with Crippen molar-refractivity contribution in [1.29, 1.82) is 0 Å². The highest BCUT2D eigenvalue weighted by atomic mass is 16.5. The predicted molar refractivity (Wildman–Crippen MR) is 132 cm³/mol. The molecular formula is C26H42N4O6. The van der Waals surface area contributed by atoms with E-state index in [1.807, 2.05) is 13.8 Å². The van der Waals surface area contributed by atoms with Gasteiger partial charge in [-0.15, -0.1) is 0 Å². The van der Waals surface area contributed by atoms with Crippen molar-refractivity contribution in [1.82, 2.24) is 15.5 Å². The first kappa shape index (κ1) is 27.9. The van der Waals surface area contributed by atoms with Crippen LogP contribution in [0.3, 0.4) is 0 Å². The molecule has 10 heteroatoms. The molecule has 3 rings (SSSR count). The fourth-order valence-corrected chi connectivity index (χ4v) is 5.77. The number of ether oxygens (including phenoxy) is 1. The standard InChI is InChI=1S/C26H42N4O6/c1-4-36-26(35)29-20(17-8-6-5-7-9-17)25(34)30-13-12-18(15(2)3)21(30)24(33)28-19(14-16-10-11-16)22(31)23(27)32/h15-21H,4-14H2,1-3H3,(H2,27,32)(H,28,33)(H,29,35)/t18-,19?,20+,21+/m1/s1. The van der Waals surface area contributed by atoms with Gasteiger partial charge in [-0.05, 0) is 56.3 Å². The molecule has 1 unspecified atom stereocenters. The SMILES string of the molecule is CCOC(=O)N[C@H](C(=O)N1CC[C@H](C(C)C)[C@H]1C(=O)NC(CC1CC1)C(=O)C(N)=O)C1CCCCC1. The molecule has 3 fully saturated rings. The summed E-state index contributed by atoms with van der Waals surface area (Å²) in [5.74, 6) is -2.38. The zero-order valence-electron chi connectivity index (χ0n) is 21.8. The van der Waals surface area contributed by atoms with Crippen LogP contribution in [0, 0.1) is 23.7 Å². The second kappa shape index (κ2) is 12.5. The summed E-state index contributed by atoms with van der Waals surface area (Å²) in [7, 11) is 0. The van der Waals surface area contributed by atoms with Crippen LogP contribution < -0.4 is 16.4 Å². The summed E-state index contributed by atoms with van der Waals surface area (Å²) in [4.78, 5) is 65.5. The zero-order valence-corrected chi connectivity index (χ0v) is 21.8. The summed E-state index contributed by atoms with van der Waals surface area (Å²) < 4.78 is 5.07. The number of rotatable bonds is 11. The first-order chi connectivity index (χ1) is 17.1. The fourth-order valence-electron chi connectivity index (χ4n) is 5.77. The number of alkyl carbamates (subject to hydrolysis) is 1. The van der Waals surface area contributed by atoms with Crippen LogP contribution in [-0.4, -0.2) is 65.8 Å². The normalized spacial score (nSPS) is 24.2. The van der Waals surface area contributed by atoms with Gasteiger partial charge in [0.05, 0.1) is 12.6 Å². The van der Waals surface area contributed by atoms with Crippen LogP contribution in [0.25, 0.3) is 0 Å². The van der Waals surface area contributed by atoms with Gasteiger partial charge >= 0.3 is 6.09 Å². The van der Waals surface area contributed by atoms with Gasteiger partial charge < -0.3 is 26.0 Å². The van der Waals surface area contributed by atoms with Crippen molar-refractivity contribution in [2.45, 2.75) is 96.7 Å². The Hall–Kier alpha value is -2.65. The van der Waals surface area contributed by atoms with Crippen LogP contribution in [0.15, 0.2) is 0 Å². The lowest BCUT2D eigenvalue weighted by Gasteiger charge is -2.36. The Morgan fingerprint density at radius 3 is 2.19 bits per heavy atom. The van der Waals surface area contributed by atoms with Crippen molar-refractivity contribution in [3.63, 3.8) is 0 Å². The van der Waals surface area contributed by atoms with Gasteiger partial charge in [0.1, 0.15) is 12.1 Å². The van der Waals surface area contributed by atoms with E-state index >= 15 is 0 Å². The van der Waals surface area contributed by atoms with Crippen LogP contribution >= 0.6 is 0 Å². The molecule has 0 aromatic rings. The minimum absolute atomic E-state index is 0.0310. The molecule has 3 aliphatic rings. The van der Waals surface area contributed by atoms with Gasteiger partial charge in [-0.25, -0.2) is 4.79 Å². The third-order valence-electron chi connectivity index (χ3n) is 7.93. The van der Waals surface area contributed by atoms with E-state index in [2.05, 4.69) is 10.6 Å². The number of likely N-dealkylation sites (tertiary alicyclic amines) is 1. The maximum Gasteiger partial charge on any atom is 0.407 e. The van der Waals surface area contributed by atoms with Crippen molar-refractivity contribution in [2.24, 2.45) is 29.4 Å². The average molecular weight is 507 g/mol. The third kappa shape index (κ3) is 6.97. The van der Waals surface area contributed by atoms with Crippen LogP contribution in [0.4, 0.5) is 4.79 Å². The van der Waals surface area contributed by atoms with E-state index < -0.39 is 41.8 Å².